The molecule has 0 unspecified atom stereocenters. The van der Waals surface area contributed by atoms with Crippen LogP contribution in [0, 0.1) is 0 Å². The van der Waals surface area contributed by atoms with Crippen LogP contribution in [0.5, 0.6) is 0 Å². The Labute approximate surface area is 141 Å². The highest BCUT2D eigenvalue weighted by atomic mass is 19.4. The highest BCUT2D eigenvalue weighted by molar-refractivity contribution is 5.83. The predicted octanol–water partition coefficient (Wildman–Crippen LogP) is 2.13. The summed E-state index contributed by atoms with van der Waals surface area (Å²) in [6.07, 6.45) is -4.35. The number of halogens is 3. The molecule has 0 bridgehead atoms. The standard InChI is InChI=1S/C16H18F3N3O3/c1-10(14(23)20-8-5-9-25-2)22-12-7-4-3-6-11(12)21-13(15(22)24)16(17,18)19/h3-4,6-7,10H,5,8-9H2,1-2H3,(H,20,23)/t10-/m0/s1. The monoisotopic (exact) mass is 357 g/mol. The number of nitrogens with one attached hydrogen (secondary N) is 1. The first-order valence-electron chi connectivity index (χ1n) is 7.62. The van der Waals surface area contributed by atoms with E-state index >= 15 is 0 Å². The summed E-state index contributed by atoms with van der Waals surface area (Å²) in [5.41, 5.74) is -2.72. The molecule has 0 radical (unpaired) electrons. The summed E-state index contributed by atoms with van der Waals surface area (Å²) < 4.78 is 45.0. The number of fused-ring (bicyclic) bond motifs is 1. The van der Waals surface area contributed by atoms with Gasteiger partial charge in [0.2, 0.25) is 11.6 Å². The molecule has 1 N–H and O–H groups in total. The quantitative estimate of drug-likeness (QED) is 0.804. The molecule has 0 fully saturated rings. The molecule has 0 aliphatic heterocycles. The third-order valence-corrected chi connectivity index (χ3v) is 3.65. The van der Waals surface area contributed by atoms with E-state index in [1.807, 2.05) is 0 Å². The van der Waals surface area contributed by atoms with E-state index in [4.69, 9.17) is 4.74 Å². The minimum atomic E-state index is -4.91. The summed E-state index contributed by atoms with van der Waals surface area (Å²) in [5.74, 6) is -0.553. The second kappa shape index (κ2) is 7.64. The van der Waals surface area contributed by atoms with Gasteiger partial charge in [0, 0.05) is 20.3 Å². The van der Waals surface area contributed by atoms with Crippen molar-refractivity contribution in [2.24, 2.45) is 0 Å². The average molecular weight is 357 g/mol. The second-order valence-corrected chi connectivity index (χ2v) is 5.44. The van der Waals surface area contributed by atoms with Gasteiger partial charge in [-0.25, -0.2) is 4.98 Å². The van der Waals surface area contributed by atoms with E-state index in [1.54, 1.807) is 6.07 Å². The van der Waals surface area contributed by atoms with Crippen molar-refractivity contribution in [1.29, 1.82) is 0 Å². The Morgan fingerprint density at radius 2 is 2.04 bits per heavy atom. The topological polar surface area (TPSA) is 73.2 Å². The SMILES string of the molecule is COCCCNC(=O)[C@H](C)n1c(=O)c(C(F)(F)F)nc2ccccc21. The van der Waals surface area contributed by atoms with Gasteiger partial charge in [0.05, 0.1) is 11.0 Å². The molecule has 0 spiro atoms. The average Bonchev–Trinajstić information content (AvgIpc) is 2.56. The third-order valence-electron chi connectivity index (χ3n) is 3.65. The van der Waals surface area contributed by atoms with Gasteiger partial charge in [-0.05, 0) is 25.5 Å². The number of benzene rings is 1. The van der Waals surface area contributed by atoms with Crippen molar-refractivity contribution in [3.05, 3.63) is 40.3 Å². The van der Waals surface area contributed by atoms with Crippen molar-refractivity contribution in [1.82, 2.24) is 14.9 Å². The lowest BCUT2D eigenvalue weighted by atomic mass is 10.2. The van der Waals surface area contributed by atoms with E-state index < -0.39 is 29.4 Å². The fourth-order valence-electron chi connectivity index (χ4n) is 2.42. The summed E-state index contributed by atoms with van der Waals surface area (Å²) in [4.78, 5) is 28.0. The number of hydrogen-bond acceptors (Lipinski definition) is 4. The van der Waals surface area contributed by atoms with Crippen molar-refractivity contribution >= 4 is 16.9 Å². The lowest BCUT2D eigenvalue weighted by Gasteiger charge is -2.19. The van der Waals surface area contributed by atoms with Gasteiger partial charge in [0.1, 0.15) is 6.04 Å². The molecule has 1 aromatic carbocycles. The van der Waals surface area contributed by atoms with Crippen LogP contribution in [0.1, 0.15) is 25.1 Å². The number of hydrogen-bond donors (Lipinski definition) is 1. The number of alkyl halides is 3. The summed E-state index contributed by atoms with van der Waals surface area (Å²) >= 11 is 0. The van der Waals surface area contributed by atoms with Crippen LogP contribution in [0.3, 0.4) is 0 Å². The van der Waals surface area contributed by atoms with Gasteiger partial charge in [-0.3, -0.25) is 14.2 Å². The number of para-hydroxylation sites is 2. The number of methoxy groups -OCH3 is 1. The zero-order valence-electron chi connectivity index (χ0n) is 13.8. The molecule has 136 valence electrons. The molecule has 0 saturated heterocycles. The normalized spacial score (nSPS) is 13.0. The first-order chi connectivity index (χ1) is 11.8. The molecule has 1 amide bonds. The fourth-order valence-corrected chi connectivity index (χ4v) is 2.42. The molecule has 2 aromatic rings. The minimum Gasteiger partial charge on any atom is -0.385 e. The van der Waals surface area contributed by atoms with E-state index in [0.717, 1.165) is 4.57 Å². The molecule has 2 rings (SSSR count). The van der Waals surface area contributed by atoms with Crippen LogP contribution in [0.25, 0.3) is 11.0 Å². The summed E-state index contributed by atoms with van der Waals surface area (Å²) in [5, 5.41) is 2.59. The maximum atomic E-state index is 13.1. The van der Waals surface area contributed by atoms with Crippen LogP contribution in [0.15, 0.2) is 29.1 Å². The maximum Gasteiger partial charge on any atom is 0.438 e. The number of amides is 1. The number of ether oxygens (including phenoxy) is 1. The highest BCUT2D eigenvalue weighted by Gasteiger charge is 2.38. The van der Waals surface area contributed by atoms with Crippen LogP contribution in [-0.2, 0) is 15.7 Å². The molecule has 1 heterocycles. The molecular weight excluding hydrogens is 339 g/mol. The molecule has 1 atom stereocenters. The Kier molecular flexibility index (Phi) is 5.78. The molecule has 0 saturated carbocycles. The van der Waals surface area contributed by atoms with Crippen LogP contribution in [0.2, 0.25) is 0 Å². The van der Waals surface area contributed by atoms with Gasteiger partial charge >= 0.3 is 6.18 Å². The summed E-state index contributed by atoms with van der Waals surface area (Å²) in [6, 6.07) is 4.78. The zero-order chi connectivity index (χ0) is 18.6. The first kappa shape index (κ1) is 18.9. The Morgan fingerprint density at radius 1 is 1.36 bits per heavy atom. The smallest absolute Gasteiger partial charge is 0.385 e. The lowest BCUT2D eigenvalue weighted by molar-refractivity contribution is -0.142. The Hall–Kier alpha value is -2.42. The van der Waals surface area contributed by atoms with Gasteiger partial charge in [0.15, 0.2) is 0 Å². The second-order valence-electron chi connectivity index (χ2n) is 5.44. The van der Waals surface area contributed by atoms with Gasteiger partial charge in [-0.2, -0.15) is 13.2 Å². The largest absolute Gasteiger partial charge is 0.438 e. The van der Waals surface area contributed by atoms with Gasteiger partial charge in [0.25, 0.3) is 5.56 Å². The fraction of sp³-hybridized carbons (Fsp3) is 0.438. The van der Waals surface area contributed by atoms with Crippen molar-refractivity contribution in [2.75, 3.05) is 20.3 Å². The Bertz CT molecular complexity index is 818. The van der Waals surface area contributed by atoms with Gasteiger partial charge in [-0.15, -0.1) is 0 Å². The third kappa shape index (κ3) is 4.16. The van der Waals surface area contributed by atoms with Crippen LogP contribution in [0.4, 0.5) is 13.2 Å². The molecule has 6 nitrogen and oxygen atoms in total. The van der Waals surface area contributed by atoms with E-state index in [0.29, 0.717) is 19.6 Å². The highest BCUT2D eigenvalue weighted by Crippen LogP contribution is 2.27. The van der Waals surface area contributed by atoms with E-state index in [-0.39, 0.29) is 11.0 Å². The number of carbonyl (C=O) groups is 1. The van der Waals surface area contributed by atoms with Crippen molar-refractivity contribution in [2.45, 2.75) is 25.6 Å². The van der Waals surface area contributed by atoms with Crippen LogP contribution in [-0.4, -0.2) is 35.7 Å². The van der Waals surface area contributed by atoms with Crippen LogP contribution >= 0.6 is 0 Å². The lowest BCUT2D eigenvalue weighted by Crippen LogP contribution is -2.39. The minimum absolute atomic E-state index is 0.00606. The first-order valence-corrected chi connectivity index (χ1v) is 7.62. The van der Waals surface area contributed by atoms with Gasteiger partial charge < -0.3 is 10.1 Å². The van der Waals surface area contributed by atoms with Gasteiger partial charge in [-0.1, -0.05) is 12.1 Å². The van der Waals surface area contributed by atoms with E-state index in [9.17, 15) is 22.8 Å². The van der Waals surface area contributed by atoms with Crippen molar-refractivity contribution in [3.63, 3.8) is 0 Å². The molecule has 0 aliphatic rings. The zero-order valence-corrected chi connectivity index (χ0v) is 13.8. The number of rotatable bonds is 6. The number of nitrogens with zero attached hydrogens (tertiary/aromatic N) is 2. The Balaban J connectivity index is 2.46. The van der Waals surface area contributed by atoms with E-state index in [1.165, 1.54) is 32.2 Å². The maximum absolute atomic E-state index is 13.1. The van der Waals surface area contributed by atoms with Crippen molar-refractivity contribution in [3.8, 4) is 0 Å². The van der Waals surface area contributed by atoms with Crippen molar-refractivity contribution < 1.29 is 22.7 Å². The molecule has 0 aliphatic carbocycles. The number of carbonyl (C=O) groups excluding carboxylic acids is 1. The van der Waals surface area contributed by atoms with E-state index in [2.05, 4.69) is 10.3 Å². The predicted molar refractivity (Wildman–Crippen MR) is 85.2 cm³/mol. The summed E-state index contributed by atoms with van der Waals surface area (Å²) in [6.45, 7) is 2.10. The number of aromatic nitrogens is 2. The molecule has 1 aromatic heterocycles. The molecular formula is C16H18F3N3O3. The summed E-state index contributed by atoms with van der Waals surface area (Å²) in [7, 11) is 1.52. The van der Waals surface area contributed by atoms with Crippen LogP contribution < -0.4 is 10.9 Å². The Morgan fingerprint density at radius 3 is 2.68 bits per heavy atom. The molecule has 9 heteroatoms. The molecule has 25 heavy (non-hydrogen) atoms.